The minimum absolute atomic E-state index is 0.0788. The predicted octanol–water partition coefficient (Wildman–Crippen LogP) is 2.00. The van der Waals surface area contributed by atoms with Gasteiger partial charge in [-0.1, -0.05) is 0 Å². The van der Waals surface area contributed by atoms with E-state index in [1.54, 1.807) is 11.9 Å². The molecule has 0 aromatic heterocycles. The number of anilines is 1. The fourth-order valence-electron chi connectivity index (χ4n) is 2.24. The van der Waals surface area contributed by atoms with Crippen LogP contribution >= 0.6 is 15.9 Å². The number of hydrogen-bond acceptors (Lipinski definition) is 4. The molecule has 1 saturated heterocycles. The Bertz CT molecular complexity index is 588. The van der Waals surface area contributed by atoms with Crippen LogP contribution < -0.4 is 4.90 Å². The molecule has 0 spiro atoms. The second-order valence-electron chi connectivity index (χ2n) is 4.53. The number of benzene rings is 1. The van der Waals surface area contributed by atoms with Gasteiger partial charge in [0.2, 0.25) is 0 Å². The van der Waals surface area contributed by atoms with Crippen LogP contribution in [0.3, 0.4) is 0 Å². The van der Waals surface area contributed by atoms with E-state index in [-0.39, 0.29) is 28.9 Å². The highest BCUT2D eigenvalue weighted by Gasteiger charge is 2.37. The molecule has 1 fully saturated rings. The normalized spacial score (nSPS) is 21.5. The first kappa shape index (κ1) is 14.8. The Morgan fingerprint density at radius 3 is 2.90 bits per heavy atom. The zero-order valence-electron chi connectivity index (χ0n) is 10.6. The average Bonchev–Trinajstić information content (AvgIpc) is 2.90. The van der Waals surface area contributed by atoms with Crippen LogP contribution in [0.25, 0.3) is 0 Å². The molecule has 5 nitrogen and oxygen atoms in total. The Morgan fingerprint density at radius 1 is 1.60 bits per heavy atom. The van der Waals surface area contributed by atoms with E-state index in [0.29, 0.717) is 0 Å². The highest BCUT2D eigenvalue weighted by Crippen LogP contribution is 2.32. The molecule has 1 aromatic rings. The van der Waals surface area contributed by atoms with E-state index in [1.165, 1.54) is 12.1 Å². The quantitative estimate of drug-likeness (QED) is 0.909. The van der Waals surface area contributed by atoms with Gasteiger partial charge >= 0.3 is 5.97 Å². The summed E-state index contributed by atoms with van der Waals surface area (Å²) in [6.07, 6.45) is 0. The van der Waals surface area contributed by atoms with Crippen molar-refractivity contribution in [3.05, 3.63) is 28.0 Å². The molecule has 0 aliphatic carbocycles. The molecule has 2 rings (SSSR count). The van der Waals surface area contributed by atoms with Gasteiger partial charge in [-0.25, -0.2) is 4.39 Å². The van der Waals surface area contributed by atoms with Crippen LogP contribution in [0, 0.1) is 23.1 Å². The van der Waals surface area contributed by atoms with E-state index in [9.17, 15) is 9.18 Å². The maximum absolute atomic E-state index is 14.3. The summed E-state index contributed by atoms with van der Waals surface area (Å²) < 4.78 is 19.5. The van der Waals surface area contributed by atoms with Gasteiger partial charge in [0.1, 0.15) is 12.0 Å². The van der Waals surface area contributed by atoms with Gasteiger partial charge in [0.25, 0.3) is 0 Å². The zero-order valence-corrected chi connectivity index (χ0v) is 12.2. The minimum atomic E-state index is -0.965. The summed E-state index contributed by atoms with van der Waals surface area (Å²) in [5.41, 5.74) is 0.426. The maximum atomic E-state index is 14.3. The van der Waals surface area contributed by atoms with E-state index < -0.39 is 23.7 Å². The monoisotopic (exact) mass is 342 g/mol. The number of nitrogens with zero attached hydrogens (tertiary/aromatic N) is 2. The Kier molecular flexibility index (Phi) is 4.26. The number of carbonyl (C=O) groups is 1. The summed E-state index contributed by atoms with van der Waals surface area (Å²) in [6.45, 7) is 0.341. The molecule has 0 radical (unpaired) electrons. The Labute approximate surface area is 123 Å². The van der Waals surface area contributed by atoms with Crippen molar-refractivity contribution < 1.29 is 19.0 Å². The number of carboxylic acid groups (broad SMARTS) is 1. The highest BCUT2D eigenvalue weighted by molar-refractivity contribution is 9.10. The lowest BCUT2D eigenvalue weighted by Crippen LogP contribution is -2.41. The third-order valence-corrected chi connectivity index (χ3v) is 4.20. The van der Waals surface area contributed by atoms with Crippen LogP contribution in [-0.2, 0) is 9.53 Å². The molecule has 2 atom stereocenters. The fraction of sp³-hybridized carbons (Fsp3) is 0.385. The molecule has 7 heteroatoms. The lowest BCUT2D eigenvalue weighted by Gasteiger charge is -2.29. The van der Waals surface area contributed by atoms with Gasteiger partial charge in [0.05, 0.1) is 35.0 Å². The first-order valence-electron chi connectivity index (χ1n) is 5.88. The van der Waals surface area contributed by atoms with E-state index in [4.69, 9.17) is 15.1 Å². The Morgan fingerprint density at radius 2 is 2.30 bits per heavy atom. The number of hydrogen-bond donors (Lipinski definition) is 1. The van der Waals surface area contributed by atoms with Gasteiger partial charge < -0.3 is 14.7 Å². The minimum Gasteiger partial charge on any atom is -0.481 e. The molecule has 106 valence electrons. The van der Waals surface area contributed by atoms with Crippen LogP contribution in [0.4, 0.5) is 10.1 Å². The number of halogens is 2. The number of rotatable bonds is 3. The van der Waals surface area contributed by atoms with Crippen molar-refractivity contribution in [2.75, 3.05) is 25.2 Å². The fourth-order valence-corrected chi connectivity index (χ4v) is 2.66. The number of likely N-dealkylation sites (N-methyl/N-ethyl adjacent to an activating group) is 1. The summed E-state index contributed by atoms with van der Waals surface area (Å²) in [4.78, 5) is 12.7. The van der Waals surface area contributed by atoms with Gasteiger partial charge in [0.15, 0.2) is 5.82 Å². The topological polar surface area (TPSA) is 73.6 Å². The first-order valence-corrected chi connectivity index (χ1v) is 6.68. The van der Waals surface area contributed by atoms with Crippen LogP contribution in [0.1, 0.15) is 5.56 Å². The lowest BCUT2D eigenvalue weighted by atomic mass is 10.0. The SMILES string of the molecule is CN(c1ccc(C#N)c(Br)c1F)C1COCC1C(=O)O. The van der Waals surface area contributed by atoms with E-state index in [2.05, 4.69) is 15.9 Å². The van der Waals surface area contributed by atoms with Gasteiger partial charge in [-0.15, -0.1) is 0 Å². The highest BCUT2D eigenvalue weighted by atomic mass is 79.9. The van der Waals surface area contributed by atoms with Crippen LogP contribution in [0.2, 0.25) is 0 Å². The average molecular weight is 343 g/mol. The second-order valence-corrected chi connectivity index (χ2v) is 5.33. The molecule has 1 heterocycles. The van der Waals surface area contributed by atoms with Crippen molar-refractivity contribution in [2.24, 2.45) is 5.92 Å². The summed E-state index contributed by atoms with van der Waals surface area (Å²) in [5.74, 6) is -2.25. The van der Waals surface area contributed by atoms with Crippen molar-refractivity contribution in [2.45, 2.75) is 6.04 Å². The standard InChI is InChI=1S/C13H12BrFN2O3/c1-17(10-6-20-5-8(10)13(18)19)9-3-2-7(4-16)11(14)12(9)15/h2-3,8,10H,5-6H2,1H3,(H,18,19). The number of carboxylic acids is 1. The molecule has 0 bridgehead atoms. The van der Waals surface area contributed by atoms with Crippen LogP contribution in [-0.4, -0.2) is 37.4 Å². The van der Waals surface area contributed by atoms with Crippen LogP contribution in [0.5, 0.6) is 0 Å². The molecule has 1 aliphatic rings. The number of nitriles is 1. The third-order valence-electron chi connectivity index (χ3n) is 3.43. The van der Waals surface area contributed by atoms with E-state index >= 15 is 0 Å². The van der Waals surface area contributed by atoms with Crippen molar-refractivity contribution in [1.29, 1.82) is 5.26 Å². The lowest BCUT2D eigenvalue weighted by molar-refractivity contribution is -0.141. The van der Waals surface area contributed by atoms with E-state index in [0.717, 1.165) is 0 Å². The van der Waals surface area contributed by atoms with E-state index in [1.807, 2.05) is 6.07 Å². The summed E-state index contributed by atoms with van der Waals surface area (Å²) >= 11 is 3.04. The van der Waals surface area contributed by atoms with Gasteiger partial charge in [-0.2, -0.15) is 5.26 Å². The molecule has 0 saturated carbocycles. The predicted molar refractivity (Wildman–Crippen MR) is 73.0 cm³/mol. The maximum Gasteiger partial charge on any atom is 0.311 e. The van der Waals surface area contributed by atoms with Crippen molar-refractivity contribution in [3.63, 3.8) is 0 Å². The van der Waals surface area contributed by atoms with Gasteiger partial charge in [-0.05, 0) is 28.1 Å². The third kappa shape index (κ3) is 2.49. The van der Waals surface area contributed by atoms with Crippen molar-refractivity contribution in [3.8, 4) is 6.07 Å². The Hall–Kier alpha value is -1.65. The van der Waals surface area contributed by atoms with Gasteiger partial charge in [0, 0.05) is 7.05 Å². The summed E-state index contributed by atoms with van der Waals surface area (Å²) in [5, 5.41) is 18.0. The summed E-state index contributed by atoms with van der Waals surface area (Å²) in [7, 11) is 1.62. The molecular formula is C13H12BrFN2O3. The smallest absolute Gasteiger partial charge is 0.311 e. The molecule has 2 unspecified atom stereocenters. The first-order chi connectivity index (χ1) is 9.47. The van der Waals surface area contributed by atoms with Crippen molar-refractivity contribution >= 4 is 27.6 Å². The van der Waals surface area contributed by atoms with Crippen LogP contribution in [0.15, 0.2) is 16.6 Å². The summed E-state index contributed by atoms with van der Waals surface area (Å²) in [6, 6.07) is 4.39. The number of ether oxygens (including phenoxy) is 1. The number of aliphatic carboxylic acids is 1. The van der Waals surface area contributed by atoms with Gasteiger partial charge in [-0.3, -0.25) is 4.79 Å². The van der Waals surface area contributed by atoms with Crippen molar-refractivity contribution in [1.82, 2.24) is 0 Å². The molecule has 1 aliphatic heterocycles. The molecular weight excluding hydrogens is 331 g/mol. The molecule has 0 amide bonds. The zero-order chi connectivity index (χ0) is 14.9. The largest absolute Gasteiger partial charge is 0.481 e. The second kappa shape index (κ2) is 5.77. The Balaban J connectivity index is 2.35. The molecule has 20 heavy (non-hydrogen) atoms. The molecule has 1 N–H and O–H groups in total. The molecule has 1 aromatic carbocycles.